The molecule has 0 fully saturated rings. The van der Waals surface area contributed by atoms with Crippen molar-refractivity contribution in [2.24, 2.45) is 0 Å². The van der Waals surface area contributed by atoms with Crippen LogP contribution in [0.2, 0.25) is 58.9 Å². The molecule has 0 aromatic rings. The van der Waals surface area contributed by atoms with Crippen molar-refractivity contribution in [1.82, 2.24) is 0 Å². The van der Waals surface area contributed by atoms with Crippen molar-refractivity contribution >= 4 is 34.5 Å². The quantitative estimate of drug-likeness (QED) is 0.0321. The summed E-state index contributed by atoms with van der Waals surface area (Å²) in [4.78, 5) is 0. The molecule has 0 aromatic heterocycles. The van der Waals surface area contributed by atoms with Gasteiger partial charge in [0.2, 0.25) is 0 Å². The molecular formula is C51H122O19Si4. The molecule has 0 bridgehead atoms. The highest BCUT2D eigenvalue weighted by molar-refractivity contribution is 6.85. The first-order valence-electron chi connectivity index (χ1n) is 24.2. The lowest BCUT2D eigenvalue weighted by molar-refractivity contribution is -0.0302. The Kier molecular flexibility index (Phi) is 83.7. The summed E-state index contributed by atoms with van der Waals surface area (Å²) in [6, 6.07) is 0. The molecule has 0 amide bonds. The second kappa shape index (κ2) is 68.7. The number of rotatable bonds is 55. The summed E-state index contributed by atoms with van der Waals surface area (Å²) >= 11 is 0. The summed E-state index contributed by atoms with van der Waals surface area (Å²) in [7, 11) is -6.47. The van der Waals surface area contributed by atoms with Gasteiger partial charge in [-0.15, -0.1) is 13.2 Å². The van der Waals surface area contributed by atoms with Gasteiger partial charge in [0.15, 0.2) is 16.6 Å². The van der Waals surface area contributed by atoms with E-state index in [0.717, 1.165) is 0 Å². The molecule has 74 heavy (non-hydrogen) atoms. The largest absolute Gasteiger partial charge is 0.439 e. The van der Waals surface area contributed by atoms with Gasteiger partial charge in [-0.2, -0.15) is 0 Å². The molecule has 1 atom stereocenters. The van der Waals surface area contributed by atoms with E-state index in [1.807, 2.05) is 0 Å². The van der Waals surface area contributed by atoms with E-state index >= 15 is 0 Å². The highest BCUT2D eigenvalue weighted by atomic mass is 28.5. The minimum absolute atomic E-state index is 0. The van der Waals surface area contributed by atoms with E-state index in [-0.39, 0.29) is 44.6 Å². The van der Waals surface area contributed by atoms with E-state index in [1.165, 1.54) is 0 Å². The van der Waals surface area contributed by atoms with Crippen LogP contribution in [-0.2, 0) is 88.1 Å². The molecule has 0 heterocycles. The van der Waals surface area contributed by atoms with Crippen LogP contribution >= 0.6 is 0 Å². The van der Waals surface area contributed by atoms with Gasteiger partial charge in [-0.25, -0.2) is 0 Å². The Balaban J connectivity index is -0.000000283. The SMILES string of the molecule is C.C.C.C.C.C.C=CCOCCOCCOCCOCCOCCOCCOCCOCCOCCOCCOCCOCCOCCOCCOCCOCC=C.C[SiH](O[Si](C)(C)C)O[Si](C)(C)O[Si](C)(C)C. The van der Waals surface area contributed by atoms with Gasteiger partial charge in [-0.3, -0.25) is 0 Å². The van der Waals surface area contributed by atoms with Crippen molar-refractivity contribution in [2.75, 3.05) is 211 Å². The highest BCUT2D eigenvalue weighted by Gasteiger charge is 2.34. The highest BCUT2D eigenvalue weighted by Crippen LogP contribution is 2.18. The molecule has 23 heteroatoms. The molecule has 0 radical (unpaired) electrons. The minimum atomic E-state index is -1.98. The summed E-state index contributed by atoms with van der Waals surface area (Å²) in [6.07, 6.45) is 3.42. The van der Waals surface area contributed by atoms with Crippen molar-refractivity contribution in [3.63, 3.8) is 0 Å². The first-order chi connectivity index (χ1) is 32.7. The zero-order valence-corrected chi connectivity index (χ0v) is 48.2. The van der Waals surface area contributed by atoms with Crippen molar-refractivity contribution in [3.05, 3.63) is 25.3 Å². The first kappa shape index (κ1) is 90.1. The Morgan fingerprint density at radius 1 is 0.270 bits per heavy atom. The Labute approximate surface area is 461 Å². The summed E-state index contributed by atoms with van der Waals surface area (Å²) in [6.45, 7) is 43.3. The second-order valence-corrected chi connectivity index (χ2v) is 31.9. The lowest BCUT2D eigenvalue weighted by Gasteiger charge is -2.34. The summed E-state index contributed by atoms with van der Waals surface area (Å²) in [5, 5.41) is 0. The predicted octanol–water partition coefficient (Wildman–Crippen LogP) is 8.70. The molecule has 0 spiro atoms. The average Bonchev–Trinajstić information content (AvgIpc) is 3.26. The van der Waals surface area contributed by atoms with Crippen LogP contribution in [0.3, 0.4) is 0 Å². The number of hydrogen-bond acceptors (Lipinski definition) is 19. The molecule has 0 saturated carbocycles. The maximum absolute atomic E-state index is 6.14. The number of ether oxygens (including phenoxy) is 16. The van der Waals surface area contributed by atoms with Crippen LogP contribution in [0.25, 0.3) is 0 Å². The standard InChI is InChI=1S/C36H70O16.C9H28O3Si4.6CH4/c1-3-5-37-7-9-39-11-13-41-15-17-43-19-21-45-23-25-47-27-29-49-31-33-51-35-36-52-34-32-50-30-28-48-26-24-46-22-20-44-18-16-42-14-12-40-10-8-38-6-4-2;1-13(10-14(2,3)4)11-16(8,9)12-15(5,6)7;;;;;;/h3-4H,1-2,5-36H2;13H,1-9H3;6*1H4. The van der Waals surface area contributed by atoms with Crippen LogP contribution < -0.4 is 0 Å². The zero-order valence-electron chi connectivity index (χ0n) is 44.0. The fourth-order valence-electron chi connectivity index (χ4n) is 5.21. The molecule has 0 aromatic carbocycles. The third-order valence-electron chi connectivity index (χ3n) is 7.57. The predicted molar refractivity (Wildman–Crippen MR) is 314 cm³/mol. The van der Waals surface area contributed by atoms with Gasteiger partial charge in [0.05, 0.1) is 211 Å². The van der Waals surface area contributed by atoms with E-state index < -0.39 is 34.5 Å². The Morgan fingerprint density at radius 3 is 0.568 bits per heavy atom. The lowest BCUT2D eigenvalue weighted by Crippen LogP contribution is -2.49. The topological polar surface area (TPSA) is 175 Å². The smallest absolute Gasteiger partial charge is 0.312 e. The monoisotopic (exact) mass is 1150 g/mol. The average molecular weight is 1150 g/mol. The van der Waals surface area contributed by atoms with Crippen molar-refractivity contribution in [2.45, 2.75) is 103 Å². The molecule has 0 aliphatic carbocycles. The van der Waals surface area contributed by atoms with Crippen LogP contribution in [0, 0.1) is 0 Å². The van der Waals surface area contributed by atoms with E-state index in [4.69, 9.17) is 88.1 Å². The zero-order chi connectivity index (χ0) is 50.6. The fourth-order valence-corrected chi connectivity index (χ4v) is 19.5. The van der Waals surface area contributed by atoms with Crippen molar-refractivity contribution in [3.8, 4) is 0 Å². The van der Waals surface area contributed by atoms with Crippen LogP contribution in [0.5, 0.6) is 0 Å². The van der Waals surface area contributed by atoms with Gasteiger partial charge in [0, 0.05) is 0 Å². The van der Waals surface area contributed by atoms with Gasteiger partial charge < -0.3 is 88.1 Å². The summed E-state index contributed by atoms with van der Waals surface area (Å²) in [5.41, 5.74) is 0. The molecule has 1 unspecified atom stereocenters. The molecule has 0 aliphatic rings. The van der Waals surface area contributed by atoms with E-state index in [1.54, 1.807) is 12.2 Å². The maximum atomic E-state index is 6.14. The summed E-state index contributed by atoms with van der Waals surface area (Å²) in [5.74, 6) is 0. The van der Waals surface area contributed by atoms with Gasteiger partial charge in [-0.05, 0) is 58.9 Å². The minimum Gasteiger partial charge on any atom is -0.439 e. The maximum Gasteiger partial charge on any atom is 0.312 e. The Hall–Kier alpha value is -0.412. The Morgan fingerprint density at radius 2 is 0.432 bits per heavy atom. The summed E-state index contributed by atoms with van der Waals surface area (Å²) < 4.78 is 105. The van der Waals surface area contributed by atoms with Crippen LogP contribution in [0.15, 0.2) is 25.3 Å². The molecular weight excluding hydrogens is 1030 g/mol. The van der Waals surface area contributed by atoms with Crippen LogP contribution in [0.4, 0.5) is 0 Å². The number of hydrogen-bond donors (Lipinski definition) is 0. The Bertz CT molecular complexity index is 981. The van der Waals surface area contributed by atoms with Gasteiger partial charge in [-0.1, -0.05) is 56.7 Å². The van der Waals surface area contributed by atoms with Gasteiger partial charge in [0.1, 0.15) is 0 Å². The van der Waals surface area contributed by atoms with Crippen molar-refractivity contribution < 1.29 is 88.1 Å². The van der Waals surface area contributed by atoms with Crippen molar-refractivity contribution in [1.29, 1.82) is 0 Å². The normalized spacial score (nSPS) is 11.6. The second-order valence-electron chi connectivity index (χ2n) is 16.8. The molecule has 0 saturated heterocycles. The molecule has 0 N–H and O–H groups in total. The molecule has 19 nitrogen and oxygen atoms in total. The fraction of sp³-hybridized carbons (Fsp3) is 0.922. The molecule has 456 valence electrons. The third-order valence-corrected chi connectivity index (χ3v) is 19.7. The lowest BCUT2D eigenvalue weighted by atomic mass is 10.6. The van der Waals surface area contributed by atoms with Crippen LogP contribution in [-0.4, -0.2) is 246 Å². The van der Waals surface area contributed by atoms with Crippen LogP contribution in [0.1, 0.15) is 44.6 Å². The van der Waals surface area contributed by atoms with E-state index in [9.17, 15) is 0 Å². The van der Waals surface area contributed by atoms with Gasteiger partial charge in [0.25, 0.3) is 9.28 Å². The van der Waals surface area contributed by atoms with E-state index in [0.29, 0.717) is 211 Å². The molecule has 0 rings (SSSR count). The third kappa shape index (κ3) is 85.5. The first-order valence-corrected chi connectivity index (χ1v) is 36.0. The van der Waals surface area contributed by atoms with E-state index in [2.05, 4.69) is 72.1 Å². The van der Waals surface area contributed by atoms with Gasteiger partial charge >= 0.3 is 8.56 Å². The molecule has 0 aliphatic heterocycles.